The average Bonchev–Trinajstić information content (AvgIpc) is 3.04. The number of rotatable bonds is 12. The molecule has 4 N–H and O–H groups in total. The van der Waals surface area contributed by atoms with Gasteiger partial charge in [-0.25, -0.2) is 0 Å². The molecule has 0 amide bonds. The van der Waals surface area contributed by atoms with E-state index in [2.05, 4.69) is 48.5 Å². The molecule has 0 saturated heterocycles. The van der Waals surface area contributed by atoms with Gasteiger partial charge in [-0.1, -0.05) is 125 Å². The van der Waals surface area contributed by atoms with E-state index in [0.29, 0.717) is 25.7 Å². The lowest BCUT2D eigenvalue weighted by molar-refractivity contribution is 0.173. The highest BCUT2D eigenvalue weighted by molar-refractivity contribution is 5.60. The third kappa shape index (κ3) is 6.17. The lowest BCUT2D eigenvalue weighted by Crippen LogP contribution is -2.31. The molecule has 216 valence electrons. The zero-order valence-electron chi connectivity index (χ0n) is 24.7. The Labute approximate surface area is 245 Å². The van der Waals surface area contributed by atoms with E-state index < -0.39 is 29.8 Å². The van der Waals surface area contributed by atoms with Gasteiger partial charge in [-0.15, -0.1) is 0 Å². The quantitative estimate of drug-likeness (QED) is 0.135. The van der Waals surface area contributed by atoms with Gasteiger partial charge in [0.1, 0.15) is 0 Å². The summed E-state index contributed by atoms with van der Waals surface area (Å²) in [7, 11) is 0. The van der Waals surface area contributed by atoms with Crippen molar-refractivity contribution in [2.45, 2.75) is 83.2 Å². The first-order valence-corrected chi connectivity index (χ1v) is 14.9. The molecule has 4 nitrogen and oxygen atoms in total. The smallest absolute Gasteiger partial charge is 0.0787 e. The molecule has 0 fully saturated rings. The largest absolute Gasteiger partial charge is 0.388 e. The summed E-state index contributed by atoms with van der Waals surface area (Å²) < 4.78 is 0. The first kappa shape index (κ1) is 30.7. The van der Waals surface area contributed by atoms with E-state index in [1.165, 1.54) is 0 Å². The highest BCUT2D eigenvalue weighted by Gasteiger charge is 2.39. The Morgan fingerprint density at radius 3 is 0.683 bits per heavy atom. The molecule has 0 aliphatic rings. The zero-order valence-corrected chi connectivity index (χ0v) is 24.7. The number of aliphatic hydroxyl groups excluding tert-OH is 4. The van der Waals surface area contributed by atoms with Gasteiger partial charge in [-0.05, 0) is 70.2 Å². The van der Waals surface area contributed by atoms with Crippen LogP contribution in [0, 0.1) is 0 Å². The van der Waals surface area contributed by atoms with Crippen molar-refractivity contribution in [1.82, 2.24) is 0 Å². The Balaban J connectivity index is 2.02. The highest BCUT2D eigenvalue weighted by Crippen LogP contribution is 2.46. The van der Waals surface area contributed by atoms with Gasteiger partial charge >= 0.3 is 0 Å². The van der Waals surface area contributed by atoms with Crippen LogP contribution in [0.5, 0.6) is 0 Å². The molecule has 4 rings (SSSR count). The fourth-order valence-electron chi connectivity index (χ4n) is 5.76. The van der Waals surface area contributed by atoms with Crippen LogP contribution in [-0.2, 0) is 5.41 Å². The van der Waals surface area contributed by atoms with E-state index in [1.54, 1.807) is 0 Å². The van der Waals surface area contributed by atoms with E-state index >= 15 is 0 Å². The van der Waals surface area contributed by atoms with Crippen LogP contribution in [0.25, 0.3) is 0 Å². The van der Waals surface area contributed by atoms with E-state index in [1.807, 2.05) is 76.2 Å². The highest BCUT2D eigenvalue weighted by atomic mass is 16.3. The molecule has 4 aromatic rings. The molecule has 0 heterocycles. The predicted molar refractivity (Wildman–Crippen MR) is 166 cm³/mol. The summed E-state index contributed by atoms with van der Waals surface area (Å²) in [6.07, 6.45) is 0.413. The minimum atomic E-state index is -0.739. The minimum Gasteiger partial charge on any atom is -0.388 e. The molecule has 4 atom stereocenters. The van der Waals surface area contributed by atoms with E-state index in [0.717, 1.165) is 44.5 Å². The maximum atomic E-state index is 10.5. The number of hydrogen-bond donors (Lipinski definition) is 4. The summed E-state index contributed by atoms with van der Waals surface area (Å²) in [5, 5.41) is 42.1. The Morgan fingerprint density at radius 2 is 0.537 bits per heavy atom. The topological polar surface area (TPSA) is 80.9 Å². The molecule has 0 aliphatic heterocycles. The number of hydrogen-bond acceptors (Lipinski definition) is 4. The summed E-state index contributed by atoms with van der Waals surface area (Å²) in [6.45, 7) is 7.86. The van der Waals surface area contributed by atoms with Crippen molar-refractivity contribution in [2.75, 3.05) is 0 Å². The Morgan fingerprint density at radius 1 is 0.366 bits per heavy atom. The number of aliphatic hydroxyl groups is 4. The van der Waals surface area contributed by atoms with E-state index in [4.69, 9.17) is 0 Å². The average molecular weight is 553 g/mol. The second-order valence-electron chi connectivity index (χ2n) is 10.9. The third-order valence-electron chi connectivity index (χ3n) is 8.46. The lowest BCUT2D eigenvalue weighted by Gasteiger charge is -2.37. The van der Waals surface area contributed by atoms with Gasteiger partial charge in [-0.3, -0.25) is 0 Å². The molecule has 0 saturated carbocycles. The molecular formula is C37H44O4. The van der Waals surface area contributed by atoms with Crippen LogP contribution in [0.3, 0.4) is 0 Å². The molecule has 0 radical (unpaired) electrons. The summed E-state index contributed by atoms with van der Waals surface area (Å²) in [5.74, 6) is 0. The minimum absolute atomic E-state index is 0.530. The molecule has 41 heavy (non-hydrogen) atoms. The van der Waals surface area contributed by atoms with Gasteiger partial charge in [0.2, 0.25) is 0 Å². The Hall–Kier alpha value is -3.28. The summed E-state index contributed by atoms with van der Waals surface area (Å²) in [6, 6.07) is 32.7. The van der Waals surface area contributed by atoms with Crippen molar-refractivity contribution in [3.63, 3.8) is 0 Å². The van der Waals surface area contributed by atoms with Gasteiger partial charge in [-0.2, -0.15) is 0 Å². The van der Waals surface area contributed by atoms with Crippen LogP contribution < -0.4 is 0 Å². The normalized spacial score (nSPS) is 14.8. The summed E-state index contributed by atoms with van der Waals surface area (Å²) in [4.78, 5) is 0. The van der Waals surface area contributed by atoms with Crippen LogP contribution in [-0.4, -0.2) is 20.4 Å². The molecule has 0 unspecified atom stereocenters. The Bertz CT molecular complexity index is 1140. The molecular weight excluding hydrogens is 508 g/mol. The van der Waals surface area contributed by atoms with Crippen LogP contribution in [0.4, 0.5) is 0 Å². The van der Waals surface area contributed by atoms with Crippen molar-refractivity contribution in [2.24, 2.45) is 0 Å². The summed E-state index contributed by atoms with van der Waals surface area (Å²) >= 11 is 0. The maximum Gasteiger partial charge on any atom is 0.0787 e. The van der Waals surface area contributed by atoms with Crippen molar-refractivity contribution in [3.8, 4) is 0 Å². The van der Waals surface area contributed by atoms with Crippen LogP contribution in [0.2, 0.25) is 0 Å². The van der Waals surface area contributed by atoms with Gasteiger partial charge in [0, 0.05) is 0 Å². The second-order valence-corrected chi connectivity index (χ2v) is 10.9. The van der Waals surface area contributed by atoms with E-state index in [-0.39, 0.29) is 0 Å². The molecule has 4 heteroatoms. The van der Waals surface area contributed by atoms with Crippen LogP contribution in [0.15, 0.2) is 97.1 Å². The monoisotopic (exact) mass is 552 g/mol. The lowest BCUT2D eigenvalue weighted by atomic mass is 9.64. The van der Waals surface area contributed by atoms with Crippen molar-refractivity contribution in [3.05, 3.63) is 142 Å². The van der Waals surface area contributed by atoms with Crippen molar-refractivity contribution < 1.29 is 20.4 Å². The number of benzene rings is 4. The van der Waals surface area contributed by atoms with Crippen LogP contribution >= 0.6 is 0 Å². The second kappa shape index (κ2) is 13.6. The maximum absolute atomic E-state index is 10.5. The molecule has 0 aromatic heterocycles. The molecule has 0 bridgehead atoms. The van der Waals surface area contributed by atoms with Crippen LogP contribution in [0.1, 0.15) is 122 Å². The first-order valence-electron chi connectivity index (χ1n) is 14.9. The fourth-order valence-corrected chi connectivity index (χ4v) is 5.76. The first-order chi connectivity index (χ1) is 19.8. The SMILES string of the molecule is CC[C@H](O)c1ccc(C(c2ccc([C@@H](O)CC)cc2)(c2ccc([C@@H](O)CC)cc2)c2ccc([C@@H](O)CC)cc2)cc1. The Kier molecular flexibility index (Phi) is 10.2. The van der Waals surface area contributed by atoms with Gasteiger partial charge < -0.3 is 20.4 Å². The molecule has 0 aliphatic carbocycles. The van der Waals surface area contributed by atoms with Gasteiger partial charge in [0.15, 0.2) is 0 Å². The van der Waals surface area contributed by atoms with Gasteiger partial charge in [0.25, 0.3) is 0 Å². The standard InChI is InChI=1S/C37H44O4/c1-5-33(38)25-9-17-29(18-10-25)37(30-19-11-26(12-20-30)34(39)6-2,31-21-13-27(14-22-31)35(40)7-3)32-23-15-28(16-24-32)36(41)8-4/h9-24,33-36,38-41H,5-8H2,1-4H3/t33-,34-,35-,36-/m0/s1. The molecule has 4 aromatic carbocycles. The fraction of sp³-hybridized carbons (Fsp3) is 0.351. The zero-order chi connectivity index (χ0) is 29.6. The van der Waals surface area contributed by atoms with E-state index in [9.17, 15) is 20.4 Å². The molecule has 0 spiro atoms. The predicted octanol–water partition coefficient (Wildman–Crippen LogP) is 7.84. The third-order valence-corrected chi connectivity index (χ3v) is 8.46. The van der Waals surface area contributed by atoms with Crippen molar-refractivity contribution >= 4 is 0 Å². The summed E-state index contributed by atoms with van der Waals surface area (Å²) in [5.41, 5.74) is 6.85. The van der Waals surface area contributed by atoms with Crippen molar-refractivity contribution in [1.29, 1.82) is 0 Å². The van der Waals surface area contributed by atoms with Gasteiger partial charge in [0.05, 0.1) is 29.8 Å².